The van der Waals surface area contributed by atoms with Gasteiger partial charge in [0.15, 0.2) is 9.60 Å². The summed E-state index contributed by atoms with van der Waals surface area (Å²) in [6.07, 6.45) is -4.59. The van der Waals surface area contributed by atoms with Gasteiger partial charge in [0, 0.05) is 6.54 Å². The fraction of sp³-hybridized carbons (Fsp3) is 0.533. The largest absolute Gasteiger partial charge is 0.394 e. The fourth-order valence-electron chi connectivity index (χ4n) is 2.68. The maximum absolute atomic E-state index is 12.5. The molecule has 0 bridgehead atoms. The molecule has 2 aromatic heterocycles. The molecule has 12 heteroatoms. The van der Waals surface area contributed by atoms with Gasteiger partial charge in [0.1, 0.15) is 35.4 Å². The Morgan fingerprint density at radius 2 is 1.96 bits per heavy atom. The molecule has 0 unspecified atom stereocenters. The first-order chi connectivity index (χ1) is 12.8. The number of ether oxygens (including phenoxy) is 1. The number of carbonyl (C=O) groups excluding carboxylic acids is 1. The van der Waals surface area contributed by atoms with Gasteiger partial charge in [0.05, 0.1) is 23.4 Å². The number of anilines is 1. The number of nitrogens with one attached hydrogen (secondary N) is 1. The van der Waals surface area contributed by atoms with E-state index in [1.165, 1.54) is 6.20 Å². The zero-order chi connectivity index (χ0) is 19.7. The number of aryl methyl sites for hydroxylation is 1. The summed E-state index contributed by atoms with van der Waals surface area (Å²) in [5, 5.41) is 42.2. The minimum absolute atomic E-state index is 0.0635. The second kappa shape index (κ2) is 8.45. The second-order valence-corrected chi connectivity index (χ2v) is 8.60. The lowest BCUT2D eigenvalue weighted by Crippen LogP contribution is -2.60. The molecule has 27 heavy (non-hydrogen) atoms. The number of halogens is 1. The number of hydrogen-bond acceptors (Lipinski definition) is 11. The predicted molar refractivity (Wildman–Crippen MR) is 99.7 cm³/mol. The van der Waals surface area contributed by atoms with E-state index in [1.54, 1.807) is 6.92 Å². The maximum atomic E-state index is 12.5. The van der Waals surface area contributed by atoms with Crippen LogP contribution in [-0.4, -0.2) is 79.8 Å². The van der Waals surface area contributed by atoms with Gasteiger partial charge in [-0.05, 0) is 6.92 Å². The van der Waals surface area contributed by atoms with Crippen molar-refractivity contribution in [1.29, 1.82) is 0 Å². The molecular weight excluding hydrogens is 418 g/mol. The van der Waals surface area contributed by atoms with Crippen LogP contribution in [0.15, 0.2) is 6.20 Å². The first-order valence-corrected chi connectivity index (χ1v) is 10.0. The number of nitrogens with zero attached hydrogens (tertiary/aromatic N) is 2. The third-order valence-electron chi connectivity index (χ3n) is 4.15. The van der Waals surface area contributed by atoms with Crippen LogP contribution in [0.25, 0.3) is 0 Å². The van der Waals surface area contributed by atoms with Crippen molar-refractivity contribution in [2.45, 2.75) is 37.4 Å². The first kappa shape index (κ1) is 20.6. The minimum Gasteiger partial charge on any atom is -0.394 e. The summed E-state index contributed by atoms with van der Waals surface area (Å²) in [5.74, 6) is -0.227. The first-order valence-electron chi connectivity index (χ1n) is 7.99. The average molecular weight is 436 g/mol. The Morgan fingerprint density at radius 3 is 2.59 bits per heavy atom. The smallest absolute Gasteiger partial charge is 0.216 e. The number of aliphatic hydroxyl groups is 4. The van der Waals surface area contributed by atoms with Crippen LogP contribution in [0.4, 0.5) is 5.13 Å². The molecule has 148 valence electrons. The van der Waals surface area contributed by atoms with Crippen LogP contribution in [-0.2, 0) is 4.74 Å². The van der Waals surface area contributed by atoms with Gasteiger partial charge in [-0.25, -0.2) is 9.97 Å². The summed E-state index contributed by atoms with van der Waals surface area (Å²) >= 11 is 8.05. The average Bonchev–Trinajstić information content (AvgIpc) is 3.24. The van der Waals surface area contributed by atoms with E-state index in [9.17, 15) is 25.2 Å². The van der Waals surface area contributed by atoms with E-state index in [0.29, 0.717) is 25.0 Å². The highest BCUT2D eigenvalue weighted by molar-refractivity contribution is 7.20. The van der Waals surface area contributed by atoms with E-state index in [1.807, 2.05) is 0 Å². The lowest BCUT2D eigenvalue weighted by molar-refractivity contribution is -0.225. The normalized spacial score (nSPS) is 28.3. The Hall–Kier alpha value is -1.18. The zero-order valence-corrected chi connectivity index (χ0v) is 16.5. The molecule has 0 aromatic carbocycles. The maximum Gasteiger partial charge on any atom is 0.216 e. The molecule has 3 heterocycles. The molecule has 9 nitrogen and oxygen atoms in total. The van der Waals surface area contributed by atoms with Gasteiger partial charge in [-0.1, -0.05) is 34.3 Å². The summed E-state index contributed by atoms with van der Waals surface area (Å²) in [7, 11) is 0. The summed E-state index contributed by atoms with van der Waals surface area (Å²) in [5.41, 5.74) is 0.555. The highest BCUT2D eigenvalue weighted by Gasteiger charge is 2.43. The standard InChI is InChI=1S/C15H18ClN3O6S2/c1-5-13(27-14(16)19-5)11(23)8-3-18-15(26-8)17-2-6-9(21)12(24)10(22)7(4-20)25-6/h3,6-7,9-10,12,20-22,24H,2,4H2,1H3,(H,17,18)/t6-,7-,9-,10-,12-/m1/s1. The van der Waals surface area contributed by atoms with Crippen molar-refractivity contribution in [2.24, 2.45) is 0 Å². The Bertz CT molecular complexity index is 813. The van der Waals surface area contributed by atoms with Crippen molar-refractivity contribution in [2.75, 3.05) is 18.5 Å². The van der Waals surface area contributed by atoms with Crippen molar-refractivity contribution in [3.63, 3.8) is 0 Å². The minimum atomic E-state index is -1.44. The molecule has 1 aliphatic heterocycles. The summed E-state index contributed by atoms with van der Waals surface area (Å²) in [6.45, 7) is 1.27. The van der Waals surface area contributed by atoms with E-state index in [2.05, 4.69) is 15.3 Å². The summed E-state index contributed by atoms with van der Waals surface area (Å²) in [4.78, 5) is 21.5. The molecule has 3 rings (SSSR count). The molecule has 5 atom stereocenters. The molecule has 0 aliphatic carbocycles. The molecule has 0 saturated carbocycles. The van der Waals surface area contributed by atoms with Crippen LogP contribution in [0, 0.1) is 6.92 Å². The number of thiazole rings is 2. The van der Waals surface area contributed by atoms with Crippen LogP contribution in [0.1, 0.15) is 20.2 Å². The van der Waals surface area contributed by atoms with Gasteiger partial charge in [-0.2, -0.15) is 0 Å². The molecule has 1 saturated heterocycles. The Balaban J connectivity index is 1.64. The Labute approximate surface area is 167 Å². The van der Waals surface area contributed by atoms with Gasteiger partial charge in [-0.15, -0.1) is 0 Å². The van der Waals surface area contributed by atoms with Crippen molar-refractivity contribution in [1.82, 2.24) is 9.97 Å². The number of aliphatic hydroxyl groups excluding tert-OH is 4. The molecule has 1 fully saturated rings. The van der Waals surface area contributed by atoms with Crippen LogP contribution >= 0.6 is 34.3 Å². The third-order valence-corrected chi connectivity index (χ3v) is 6.37. The zero-order valence-electron chi connectivity index (χ0n) is 14.1. The highest BCUT2D eigenvalue weighted by atomic mass is 35.5. The van der Waals surface area contributed by atoms with Gasteiger partial charge in [0.25, 0.3) is 0 Å². The Kier molecular flexibility index (Phi) is 6.43. The number of carbonyl (C=O) groups is 1. The summed E-state index contributed by atoms with van der Waals surface area (Å²) in [6, 6.07) is 0. The van der Waals surface area contributed by atoms with Crippen LogP contribution in [0.5, 0.6) is 0 Å². The predicted octanol–water partition coefficient (Wildman–Crippen LogP) is 0.0467. The number of rotatable bonds is 6. The number of aromatic nitrogens is 2. The number of ketones is 1. The fourth-order valence-corrected chi connectivity index (χ4v) is 4.62. The quantitative estimate of drug-likeness (QED) is 0.397. The monoisotopic (exact) mass is 435 g/mol. The molecule has 0 amide bonds. The molecule has 0 spiro atoms. The van der Waals surface area contributed by atoms with Gasteiger partial charge in [-0.3, -0.25) is 4.79 Å². The molecular formula is C15H18ClN3O6S2. The Morgan fingerprint density at radius 1 is 1.26 bits per heavy atom. The molecule has 0 radical (unpaired) electrons. The highest BCUT2D eigenvalue weighted by Crippen LogP contribution is 2.28. The van der Waals surface area contributed by atoms with Crippen molar-refractivity contribution < 1.29 is 30.0 Å². The third kappa shape index (κ3) is 4.30. The topological polar surface area (TPSA) is 145 Å². The van der Waals surface area contributed by atoms with E-state index in [0.717, 1.165) is 22.7 Å². The second-order valence-electron chi connectivity index (χ2n) is 5.99. The van der Waals surface area contributed by atoms with Gasteiger partial charge >= 0.3 is 0 Å². The van der Waals surface area contributed by atoms with Crippen molar-refractivity contribution in [3.05, 3.63) is 26.1 Å². The SMILES string of the molecule is Cc1nc(Cl)sc1C(=O)c1cnc(NC[C@H]2O[C@H](CO)[C@@H](O)[C@H](O)[C@@H]2O)s1. The van der Waals surface area contributed by atoms with Gasteiger partial charge < -0.3 is 30.5 Å². The van der Waals surface area contributed by atoms with Crippen molar-refractivity contribution in [3.8, 4) is 0 Å². The molecule has 5 N–H and O–H groups in total. The van der Waals surface area contributed by atoms with E-state index < -0.39 is 37.1 Å². The van der Waals surface area contributed by atoms with E-state index in [4.69, 9.17) is 16.3 Å². The van der Waals surface area contributed by atoms with Crippen LogP contribution < -0.4 is 5.32 Å². The number of hydrogen-bond donors (Lipinski definition) is 5. The molecule has 2 aromatic rings. The van der Waals surface area contributed by atoms with E-state index >= 15 is 0 Å². The van der Waals surface area contributed by atoms with Crippen LogP contribution in [0.2, 0.25) is 4.47 Å². The van der Waals surface area contributed by atoms with Crippen LogP contribution in [0.3, 0.4) is 0 Å². The lowest BCUT2D eigenvalue weighted by atomic mass is 9.95. The van der Waals surface area contributed by atoms with E-state index in [-0.39, 0.29) is 12.3 Å². The molecule has 1 aliphatic rings. The summed E-state index contributed by atoms with van der Waals surface area (Å²) < 4.78 is 5.70. The lowest BCUT2D eigenvalue weighted by Gasteiger charge is -2.40. The van der Waals surface area contributed by atoms with Crippen molar-refractivity contribution >= 4 is 45.2 Å². The van der Waals surface area contributed by atoms with Gasteiger partial charge in [0.2, 0.25) is 5.78 Å².